The van der Waals surface area contributed by atoms with Gasteiger partial charge in [0.25, 0.3) is 0 Å². The lowest BCUT2D eigenvalue weighted by Gasteiger charge is -2.14. The van der Waals surface area contributed by atoms with Crippen molar-refractivity contribution < 1.29 is 23.5 Å². The molecule has 0 bridgehead atoms. The number of H-pyrrole nitrogens is 1. The Hall–Kier alpha value is -3.62. The topological polar surface area (TPSA) is 96.5 Å². The summed E-state index contributed by atoms with van der Waals surface area (Å²) in [7, 11) is 3.14. The van der Waals surface area contributed by atoms with Gasteiger partial charge in [-0.25, -0.2) is 4.39 Å². The van der Waals surface area contributed by atoms with E-state index in [1.807, 2.05) is 18.2 Å². The van der Waals surface area contributed by atoms with Gasteiger partial charge in [0, 0.05) is 19.5 Å². The van der Waals surface area contributed by atoms with Gasteiger partial charge in [0.15, 0.2) is 17.3 Å². The molecule has 2 amide bonds. The number of hydrogen-bond acceptors (Lipinski definition) is 5. The van der Waals surface area contributed by atoms with Crippen molar-refractivity contribution in [3.63, 3.8) is 0 Å². The molecule has 0 radical (unpaired) electrons. The molecule has 2 aromatic carbocycles. The highest BCUT2D eigenvalue weighted by molar-refractivity contribution is 6.05. The van der Waals surface area contributed by atoms with E-state index in [9.17, 15) is 14.0 Å². The number of carbonyl (C=O) groups is 2. The molecule has 1 aliphatic heterocycles. The Morgan fingerprint density at radius 2 is 2.06 bits per heavy atom. The number of carbonyl (C=O) groups excluding carboxylic acids is 2. The van der Waals surface area contributed by atoms with Crippen LogP contribution in [0.4, 0.5) is 10.2 Å². The number of fused-ring (bicyclic) bond motifs is 1. The first-order valence-electron chi connectivity index (χ1n) is 9.93. The third kappa shape index (κ3) is 4.03. The summed E-state index contributed by atoms with van der Waals surface area (Å²) in [6.45, 7) is 0.578. The van der Waals surface area contributed by atoms with E-state index >= 15 is 0 Å². The minimum Gasteiger partial charge on any atom is -0.493 e. The van der Waals surface area contributed by atoms with Crippen molar-refractivity contribution in [2.75, 3.05) is 32.2 Å². The number of aromatic amines is 1. The summed E-state index contributed by atoms with van der Waals surface area (Å²) in [5.41, 5.74) is 1.49. The van der Waals surface area contributed by atoms with Crippen LogP contribution in [0, 0.1) is 11.7 Å². The molecular weight excluding hydrogens is 403 g/mol. The summed E-state index contributed by atoms with van der Waals surface area (Å²) >= 11 is 0. The van der Waals surface area contributed by atoms with Crippen LogP contribution < -0.4 is 19.7 Å². The number of rotatable bonds is 7. The monoisotopic (exact) mass is 426 g/mol. The Balaban J connectivity index is 1.37. The summed E-state index contributed by atoms with van der Waals surface area (Å²) < 4.78 is 24.8. The normalized spacial score (nSPS) is 16.0. The largest absolute Gasteiger partial charge is 0.493 e. The Morgan fingerprint density at radius 3 is 2.84 bits per heavy atom. The summed E-state index contributed by atoms with van der Waals surface area (Å²) in [4.78, 5) is 26.5. The van der Waals surface area contributed by atoms with Gasteiger partial charge in [-0.05, 0) is 36.2 Å². The van der Waals surface area contributed by atoms with Crippen molar-refractivity contribution in [3.05, 3.63) is 47.8 Å². The number of nitrogens with one attached hydrogen (secondary N) is 2. The lowest BCUT2D eigenvalue weighted by Crippen LogP contribution is -2.34. The molecule has 0 aliphatic carbocycles. The van der Waals surface area contributed by atoms with Crippen molar-refractivity contribution in [2.45, 2.75) is 12.8 Å². The number of benzene rings is 2. The maximum atomic E-state index is 14.3. The first kappa shape index (κ1) is 20.6. The van der Waals surface area contributed by atoms with Crippen LogP contribution in [0.15, 0.2) is 36.4 Å². The molecule has 2 N–H and O–H groups in total. The zero-order chi connectivity index (χ0) is 22.0. The number of anilines is 1. The maximum absolute atomic E-state index is 14.3. The van der Waals surface area contributed by atoms with Gasteiger partial charge < -0.3 is 14.8 Å². The van der Waals surface area contributed by atoms with Crippen LogP contribution >= 0.6 is 0 Å². The smallest absolute Gasteiger partial charge is 0.229 e. The van der Waals surface area contributed by atoms with Crippen LogP contribution in [0.25, 0.3) is 10.9 Å². The fraction of sp³-hybridized carbons (Fsp3) is 0.318. The Labute approximate surface area is 178 Å². The molecule has 8 nitrogen and oxygen atoms in total. The second kappa shape index (κ2) is 8.63. The minimum absolute atomic E-state index is 0.0605. The summed E-state index contributed by atoms with van der Waals surface area (Å²) in [5.74, 6) is 0.0457. The van der Waals surface area contributed by atoms with E-state index in [0.29, 0.717) is 30.0 Å². The molecule has 1 saturated heterocycles. The van der Waals surface area contributed by atoms with E-state index < -0.39 is 11.7 Å². The number of nitrogens with zero attached hydrogens (tertiary/aromatic N) is 2. The lowest BCUT2D eigenvalue weighted by molar-refractivity contribution is -0.126. The molecule has 1 unspecified atom stereocenters. The van der Waals surface area contributed by atoms with Crippen molar-refractivity contribution in [1.29, 1.82) is 0 Å². The van der Waals surface area contributed by atoms with Gasteiger partial charge in [0.05, 0.1) is 31.0 Å². The molecule has 2 heterocycles. The second-order valence-corrected chi connectivity index (χ2v) is 7.35. The Morgan fingerprint density at radius 1 is 1.26 bits per heavy atom. The van der Waals surface area contributed by atoms with Gasteiger partial charge in [-0.1, -0.05) is 12.1 Å². The molecule has 4 rings (SSSR count). The van der Waals surface area contributed by atoms with Crippen LogP contribution in [-0.2, 0) is 16.0 Å². The van der Waals surface area contributed by atoms with E-state index in [1.54, 1.807) is 26.4 Å². The molecule has 1 aliphatic rings. The standard InChI is InChI=1S/C22H23FN4O4/c1-30-17-7-6-13(10-18(17)31-2)8-9-24-22(29)14-11-19(28)27(12-14)21-20-15(23)4-3-5-16(20)25-26-21/h3-7,10,14H,8-9,11-12H2,1-2H3,(H,24,29)(H,25,26). The van der Waals surface area contributed by atoms with Crippen LogP contribution in [0.1, 0.15) is 12.0 Å². The summed E-state index contributed by atoms with van der Waals surface area (Å²) in [6.07, 6.45) is 0.663. The van der Waals surface area contributed by atoms with Gasteiger partial charge in [-0.15, -0.1) is 0 Å². The van der Waals surface area contributed by atoms with Crippen molar-refractivity contribution in [1.82, 2.24) is 15.5 Å². The highest BCUT2D eigenvalue weighted by atomic mass is 19.1. The van der Waals surface area contributed by atoms with Crippen LogP contribution in [0.2, 0.25) is 0 Å². The fourth-order valence-corrected chi connectivity index (χ4v) is 3.81. The van der Waals surface area contributed by atoms with E-state index in [1.165, 1.54) is 11.0 Å². The molecule has 1 aromatic heterocycles. The van der Waals surface area contributed by atoms with Gasteiger partial charge in [0.2, 0.25) is 11.8 Å². The van der Waals surface area contributed by atoms with E-state index in [-0.39, 0.29) is 36.0 Å². The molecule has 0 spiro atoms. The SMILES string of the molecule is COc1ccc(CCNC(=O)C2CC(=O)N(c3n[nH]c4cccc(F)c34)C2)cc1OC. The fourth-order valence-electron chi connectivity index (χ4n) is 3.81. The molecule has 1 fully saturated rings. The van der Waals surface area contributed by atoms with Crippen molar-refractivity contribution in [2.24, 2.45) is 5.92 Å². The van der Waals surface area contributed by atoms with Crippen LogP contribution in [0.5, 0.6) is 11.5 Å². The first-order chi connectivity index (χ1) is 15.0. The van der Waals surface area contributed by atoms with Gasteiger partial charge in [-0.3, -0.25) is 19.6 Å². The average molecular weight is 426 g/mol. The first-order valence-corrected chi connectivity index (χ1v) is 9.93. The number of halogens is 1. The number of amides is 2. The number of ether oxygens (including phenoxy) is 2. The third-order valence-corrected chi connectivity index (χ3v) is 5.43. The molecular formula is C22H23FN4O4. The predicted octanol–water partition coefficient (Wildman–Crippen LogP) is 2.43. The van der Waals surface area contributed by atoms with Gasteiger partial charge in [0.1, 0.15) is 5.82 Å². The molecule has 9 heteroatoms. The van der Waals surface area contributed by atoms with Gasteiger partial charge >= 0.3 is 0 Å². The minimum atomic E-state index is -0.517. The highest BCUT2D eigenvalue weighted by Crippen LogP contribution is 2.31. The quantitative estimate of drug-likeness (QED) is 0.605. The van der Waals surface area contributed by atoms with E-state index in [0.717, 1.165) is 5.56 Å². The second-order valence-electron chi connectivity index (χ2n) is 7.35. The molecule has 162 valence electrons. The molecule has 3 aromatic rings. The molecule has 31 heavy (non-hydrogen) atoms. The number of aromatic nitrogens is 2. The van der Waals surface area contributed by atoms with Crippen molar-refractivity contribution in [3.8, 4) is 11.5 Å². The maximum Gasteiger partial charge on any atom is 0.229 e. The number of methoxy groups -OCH3 is 2. The lowest BCUT2D eigenvalue weighted by atomic mass is 10.1. The van der Waals surface area contributed by atoms with Crippen molar-refractivity contribution >= 4 is 28.5 Å². The van der Waals surface area contributed by atoms with E-state index in [4.69, 9.17) is 9.47 Å². The number of hydrogen-bond donors (Lipinski definition) is 2. The zero-order valence-electron chi connectivity index (χ0n) is 17.3. The predicted molar refractivity (Wildman–Crippen MR) is 113 cm³/mol. The highest BCUT2D eigenvalue weighted by Gasteiger charge is 2.37. The van der Waals surface area contributed by atoms with Gasteiger partial charge in [-0.2, -0.15) is 5.10 Å². The molecule has 0 saturated carbocycles. The average Bonchev–Trinajstić information content (AvgIpc) is 3.37. The zero-order valence-corrected chi connectivity index (χ0v) is 17.3. The summed E-state index contributed by atoms with van der Waals surface area (Å²) in [5, 5.41) is 9.97. The Bertz CT molecular complexity index is 1130. The van der Waals surface area contributed by atoms with E-state index in [2.05, 4.69) is 15.5 Å². The summed E-state index contributed by atoms with van der Waals surface area (Å²) in [6, 6.07) is 10.2. The molecule has 1 atom stereocenters. The van der Waals surface area contributed by atoms with Crippen LogP contribution in [-0.4, -0.2) is 49.3 Å². The van der Waals surface area contributed by atoms with Crippen LogP contribution in [0.3, 0.4) is 0 Å². The Kier molecular flexibility index (Phi) is 5.75. The third-order valence-electron chi connectivity index (χ3n) is 5.43.